The average molecular weight is 313 g/mol. The highest BCUT2D eigenvalue weighted by atomic mass is 32.1. The van der Waals surface area contributed by atoms with E-state index < -0.39 is 5.97 Å². The minimum absolute atomic E-state index is 0.0827. The van der Waals surface area contributed by atoms with E-state index in [4.69, 9.17) is 5.11 Å². The molecule has 0 spiro atoms. The topological polar surface area (TPSA) is 84.6 Å². The molecule has 0 bridgehead atoms. The lowest BCUT2D eigenvalue weighted by Gasteiger charge is -2.00. The largest absolute Gasteiger partial charge is 0.477 e. The third kappa shape index (κ3) is 2.53. The molecule has 3 rings (SSSR count). The molecule has 0 aromatic carbocycles. The molecule has 0 aliphatic rings. The van der Waals surface area contributed by atoms with E-state index in [2.05, 4.69) is 9.97 Å². The van der Waals surface area contributed by atoms with Crippen LogP contribution in [0.1, 0.15) is 26.5 Å². The monoisotopic (exact) mass is 313 g/mol. The first-order chi connectivity index (χ1) is 10.6. The van der Waals surface area contributed by atoms with Crippen molar-refractivity contribution >= 4 is 34.4 Å². The molecule has 3 aromatic rings. The smallest absolute Gasteiger partial charge is 0.347 e. The molecule has 6 nitrogen and oxygen atoms in total. The Balaban J connectivity index is 2.10. The molecule has 1 N–H and O–H groups in total. The number of hydrogen-bond donors (Lipinski definition) is 1. The Bertz CT molecular complexity index is 942. The number of aromatic carboxylic acids is 1. The van der Waals surface area contributed by atoms with Crippen LogP contribution in [0.4, 0.5) is 0 Å². The van der Waals surface area contributed by atoms with Gasteiger partial charge in [-0.05, 0) is 30.7 Å². The highest BCUT2D eigenvalue weighted by Crippen LogP contribution is 2.17. The Kier molecular flexibility index (Phi) is 3.56. The van der Waals surface area contributed by atoms with Gasteiger partial charge in [0.25, 0.3) is 5.56 Å². The van der Waals surface area contributed by atoms with Crippen LogP contribution in [0.3, 0.4) is 0 Å². The zero-order chi connectivity index (χ0) is 15.7. The van der Waals surface area contributed by atoms with Gasteiger partial charge in [-0.2, -0.15) is 0 Å². The Hall–Kier alpha value is -2.80. The molecular formula is C15H11N3O3S. The summed E-state index contributed by atoms with van der Waals surface area (Å²) in [4.78, 5) is 32.0. The lowest BCUT2D eigenvalue weighted by molar-refractivity contribution is 0.0702. The van der Waals surface area contributed by atoms with E-state index in [-0.39, 0.29) is 10.4 Å². The Labute approximate surface area is 129 Å². The fourth-order valence-electron chi connectivity index (χ4n) is 1.96. The van der Waals surface area contributed by atoms with Gasteiger partial charge in [-0.1, -0.05) is 17.4 Å². The van der Waals surface area contributed by atoms with E-state index in [1.54, 1.807) is 25.4 Å². The number of thiazole rings is 1. The molecule has 0 radical (unpaired) electrons. The van der Waals surface area contributed by atoms with Crippen LogP contribution in [-0.2, 0) is 0 Å². The van der Waals surface area contributed by atoms with E-state index >= 15 is 0 Å². The molecule has 0 atom stereocenters. The summed E-state index contributed by atoms with van der Waals surface area (Å²) in [6, 6.07) is 3.68. The number of aromatic nitrogens is 3. The molecule has 0 amide bonds. The second kappa shape index (κ2) is 5.53. The lowest BCUT2D eigenvalue weighted by Crippen LogP contribution is -2.17. The first-order valence-corrected chi connectivity index (χ1v) is 7.22. The summed E-state index contributed by atoms with van der Waals surface area (Å²) in [6.07, 6.45) is 8.23. The van der Waals surface area contributed by atoms with Crippen molar-refractivity contribution in [2.45, 2.75) is 6.92 Å². The van der Waals surface area contributed by atoms with Crippen molar-refractivity contribution < 1.29 is 9.90 Å². The number of nitrogens with zero attached hydrogens (tertiary/aromatic N) is 3. The molecule has 0 fully saturated rings. The third-order valence-electron chi connectivity index (χ3n) is 3.14. The molecule has 3 heterocycles. The first-order valence-electron chi connectivity index (χ1n) is 6.40. The fraction of sp³-hybridized carbons (Fsp3) is 0.0667. The quantitative estimate of drug-likeness (QED) is 0.802. The van der Waals surface area contributed by atoms with E-state index in [0.717, 1.165) is 16.9 Å². The van der Waals surface area contributed by atoms with Gasteiger partial charge >= 0.3 is 5.97 Å². The summed E-state index contributed by atoms with van der Waals surface area (Å²) < 4.78 is 1.27. The number of carbonyl (C=O) groups is 1. The summed E-state index contributed by atoms with van der Waals surface area (Å²) >= 11 is 0.973. The van der Waals surface area contributed by atoms with Crippen LogP contribution in [0.5, 0.6) is 0 Å². The number of carboxylic acid groups (broad SMARTS) is 1. The molecule has 0 saturated carbocycles. The summed E-state index contributed by atoms with van der Waals surface area (Å²) in [7, 11) is 0. The van der Waals surface area contributed by atoms with Gasteiger partial charge in [-0.3, -0.25) is 14.2 Å². The molecule has 0 aliphatic carbocycles. The minimum atomic E-state index is -1.07. The molecule has 0 aliphatic heterocycles. The maximum absolute atomic E-state index is 12.3. The maximum Gasteiger partial charge on any atom is 0.347 e. The van der Waals surface area contributed by atoms with Gasteiger partial charge in [0.1, 0.15) is 4.88 Å². The van der Waals surface area contributed by atoms with Gasteiger partial charge < -0.3 is 5.11 Å². The number of carboxylic acids is 1. The minimum Gasteiger partial charge on any atom is -0.477 e. The van der Waals surface area contributed by atoms with Gasteiger partial charge in [0.15, 0.2) is 4.96 Å². The van der Waals surface area contributed by atoms with Crippen LogP contribution in [0, 0.1) is 6.92 Å². The van der Waals surface area contributed by atoms with Crippen LogP contribution in [0.15, 0.2) is 35.5 Å². The highest BCUT2D eigenvalue weighted by Gasteiger charge is 2.13. The van der Waals surface area contributed by atoms with Gasteiger partial charge in [-0.25, -0.2) is 9.78 Å². The molecule has 3 aromatic heterocycles. The van der Waals surface area contributed by atoms with Crippen molar-refractivity contribution in [3.05, 3.63) is 62.8 Å². The number of rotatable bonds is 3. The van der Waals surface area contributed by atoms with Gasteiger partial charge in [0, 0.05) is 24.2 Å². The van der Waals surface area contributed by atoms with Gasteiger partial charge in [-0.15, -0.1) is 0 Å². The Morgan fingerprint density at radius 2 is 2.05 bits per heavy atom. The Morgan fingerprint density at radius 1 is 1.32 bits per heavy atom. The van der Waals surface area contributed by atoms with Crippen molar-refractivity contribution in [3.8, 4) is 0 Å². The van der Waals surface area contributed by atoms with Gasteiger partial charge in [0.05, 0.1) is 5.69 Å². The molecule has 7 heteroatoms. The van der Waals surface area contributed by atoms with Crippen LogP contribution >= 0.6 is 11.3 Å². The van der Waals surface area contributed by atoms with E-state index in [9.17, 15) is 9.59 Å². The van der Waals surface area contributed by atoms with Crippen LogP contribution < -0.4 is 5.56 Å². The number of hydrogen-bond acceptors (Lipinski definition) is 5. The second-order valence-electron chi connectivity index (χ2n) is 4.59. The van der Waals surface area contributed by atoms with Crippen molar-refractivity contribution in [2.75, 3.05) is 0 Å². The van der Waals surface area contributed by atoms with Crippen molar-refractivity contribution in [3.63, 3.8) is 0 Å². The average Bonchev–Trinajstić information content (AvgIpc) is 2.95. The summed E-state index contributed by atoms with van der Waals surface area (Å²) in [5.41, 5.74) is 1.68. The van der Waals surface area contributed by atoms with Crippen molar-refractivity contribution in [2.24, 2.45) is 0 Å². The molecule has 110 valence electrons. The van der Waals surface area contributed by atoms with Crippen LogP contribution in [0.25, 0.3) is 17.1 Å². The van der Waals surface area contributed by atoms with Crippen LogP contribution in [0.2, 0.25) is 0 Å². The third-order valence-corrected chi connectivity index (χ3v) is 4.11. The number of fused-ring (bicyclic) bond motifs is 1. The van der Waals surface area contributed by atoms with Crippen molar-refractivity contribution in [1.29, 1.82) is 0 Å². The fourth-order valence-corrected chi connectivity index (χ4v) is 2.78. The van der Waals surface area contributed by atoms with Crippen molar-refractivity contribution in [1.82, 2.24) is 14.4 Å². The zero-order valence-electron chi connectivity index (χ0n) is 11.6. The molecular weight excluding hydrogens is 302 g/mol. The number of pyridine rings is 1. The highest BCUT2D eigenvalue weighted by molar-refractivity contribution is 7.18. The normalized spacial score (nSPS) is 11.3. The van der Waals surface area contributed by atoms with E-state index in [1.807, 2.05) is 18.2 Å². The Morgan fingerprint density at radius 3 is 2.73 bits per heavy atom. The second-order valence-corrected chi connectivity index (χ2v) is 5.60. The first kappa shape index (κ1) is 14.2. The molecule has 0 unspecified atom stereocenters. The van der Waals surface area contributed by atoms with Crippen LogP contribution in [-0.4, -0.2) is 25.4 Å². The molecule has 0 saturated heterocycles. The standard InChI is InChI=1S/C15H11N3O3S/c1-9-11(3-2-10-4-6-16-7-5-10)17-15-18(13(9)19)8-12(22-15)14(20)21/h2-8H,1H3,(H,20,21). The summed E-state index contributed by atoms with van der Waals surface area (Å²) in [6.45, 7) is 1.67. The SMILES string of the molecule is Cc1c(C=Cc2ccncc2)nc2sc(C(=O)O)cn2c1=O. The van der Waals surface area contributed by atoms with E-state index in [1.165, 1.54) is 10.6 Å². The summed E-state index contributed by atoms with van der Waals surface area (Å²) in [5.74, 6) is -1.07. The van der Waals surface area contributed by atoms with E-state index in [0.29, 0.717) is 16.2 Å². The molecule has 22 heavy (non-hydrogen) atoms. The van der Waals surface area contributed by atoms with Gasteiger partial charge in [0.2, 0.25) is 0 Å². The predicted octanol–water partition coefficient (Wildman–Crippen LogP) is 2.33. The summed E-state index contributed by atoms with van der Waals surface area (Å²) in [5, 5.41) is 9.01. The zero-order valence-corrected chi connectivity index (χ0v) is 12.4. The maximum atomic E-state index is 12.3. The predicted molar refractivity (Wildman–Crippen MR) is 84.2 cm³/mol. The lowest BCUT2D eigenvalue weighted by atomic mass is 10.2.